The minimum Gasteiger partial charge on any atom is -0.434 e. The lowest BCUT2D eigenvalue weighted by molar-refractivity contribution is -0.0516. The van der Waals surface area contributed by atoms with Crippen LogP contribution in [0.25, 0.3) is 0 Å². The molecule has 0 fully saturated rings. The second-order valence-corrected chi connectivity index (χ2v) is 5.82. The molecule has 0 saturated carbocycles. The Bertz CT molecular complexity index is 879. The number of halogens is 8. The van der Waals surface area contributed by atoms with Crippen LogP contribution < -0.4 is 9.47 Å². The van der Waals surface area contributed by atoms with Gasteiger partial charge in [0.05, 0.1) is 15.5 Å². The number of ether oxygens (including phenoxy) is 2. The van der Waals surface area contributed by atoms with E-state index in [1.54, 1.807) is 0 Å². The van der Waals surface area contributed by atoms with Gasteiger partial charge >= 0.3 is 12.6 Å². The zero-order chi connectivity index (χ0) is 20.5. The van der Waals surface area contributed by atoms with Gasteiger partial charge in [-0.3, -0.25) is 0 Å². The summed E-state index contributed by atoms with van der Waals surface area (Å²) in [6.45, 7) is -3.20. The average molecular weight is 435 g/mol. The van der Waals surface area contributed by atoms with Gasteiger partial charge in [0, 0.05) is 0 Å². The Morgan fingerprint density at radius 1 is 1.00 bits per heavy atom. The van der Waals surface area contributed by atoms with Crippen molar-refractivity contribution in [3.05, 3.63) is 51.8 Å². The lowest BCUT2D eigenvalue weighted by atomic mass is 10.2. The van der Waals surface area contributed by atoms with E-state index in [4.69, 9.17) is 11.6 Å². The molecule has 0 radical (unpaired) electrons. The van der Waals surface area contributed by atoms with Crippen LogP contribution in [0.15, 0.2) is 17.0 Å². The molecule has 0 aliphatic rings. The van der Waals surface area contributed by atoms with Gasteiger partial charge in [0.25, 0.3) is 0 Å². The van der Waals surface area contributed by atoms with Gasteiger partial charge in [-0.05, 0) is 18.4 Å². The van der Waals surface area contributed by atoms with E-state index in [0.717, 1.165) is 23.9 Å². The van der Waals surface area contributed by atoms with Crippen LogP contribution in [0.1, 0.15) is 10.4 Å². The smallest absolute Gasteiger partial charge is 0.387 e. The van der Waals surface area contributed by atoms with Crippen molar-refractivity contribution in [1.29, 1.82) is 0 Å². The maximum absolute atomic E-state index is 13.6. The zero-order valence-electron chi connectivity index (χ0n) is 12.9. The molecule has 0 atom stereocenters. The fraction of sp³-hybridized carbons (Fsp3) is 0.133. The SMILES string of the molecule is CSc1c(OC(F)F)ccc(C(=O)Oc2c(F)c(F)c(F)c(F)c2F)c1Cl. The topological polar surface area (TPSA) is 35.5 Å². The second kappa shape index (κ2) is 8.26. The van der Waals surface area contributed by atoms with E-state index in [9.17, 15) is 35.5 Å². The Balaban J connectivity index is 2.46. The fourth-order valence-electron chi connectivity index (χ4n) is 1.90. The quantitative estimate of drug-likeness (QED) is 0.154. The van der Waals surface area contributed by atoms with Gasteiger partial charge in [-0.1, -0.05) is 11.6 Å². The number of rotatable bonds is 5. The number of esters is 1. The van der Waals surface area contributed by atoms with Crippen LogP contribution in [0, 0.1) is 29.1 Å². The van der Waals surface area contributed by atoms with Gasteiger partial charge < -0.3 is 9.47 Å². The summed E-state index contributed by atoms with van der Waals surface area (Å²) in [4.78, 5) is 11.9. The van der Waals surface area contributed by atoms with Gasteiger partial charge in [0.1, 0.15) is 5.75 Å². The van der Waals surface area contributed by atoms with Gasteiger partial charge in [-0.25, -0.2) is 18.0 Å². The zero-order valence-corrected chi connectivity index (χ0v) is 14.5. The number of thioether (sulfide) groups is 1. The summed E-state index contributed by atoms with van der Waals surface area (Å²) < 4.78 is 99.7. The number of hydrogen-bond donors (Lipinski definition) is 0. The molecule has 0 saturated heterocycles. The van der Waals surface area contributed by atoms with Crippen molar-refractivity contribution >= 4 is 29.3 Å². The summed E-state index contributed by atoms with van der Waals surface area (Å²) in [7, 11) is 0. The van der Waals surface area contributed by atoms with Crippen molar-refractivity contribution < 1.29 is 45.0 Å². The molecule has 0 aromatic heterocycles. The molecule has 0 spiro atoms. The van der Waals surface area contributed by atoms with E-state index in [0.29, 0.717) is 0 Å². The van der Waals surface area contributed by atoms with Crippen LogP contribution >= 0.6 is 23.4 Å². The van der Waals surface area contributed by atoms with Gasteiger partial charge in [0.2, 0.25) is 34.8 Å². The number of carbonyl (C=O) groups excluding carboxylic acids is 1. The lowest BCUT2D eigenvalue weighted by Crippen LogP contribution is -2.15. The molecule has 0 heterocycles. The van der Waals surface area contributed by atoms with Gasteiger partial charge in [0.15, 0.2) is 0 Å². The van der Waals surface area contributed by atoms with E-state index in [1.165, 1.54) is 6.26 Å². The molecular formula is C15H6ClF7O3S. The van der Waals surface area contributed by atoms with E-state index >= 15 is 0 Å². The first-order valence-corrected chi connectivity index (χ1v) is 8.25. The second-order valence-electron chi connectivity index (χ2n) is 4.63. The Morgan fingerprint density at radius 2 is 1.52 bits per heavy atom. The van der Waals surface area contributed by atoms with Gasteiger partial charge in [-0.15, -0.1) is 11.8 Å². The summed E-state index contributed by atoms with van der Waals surface area (Å²) in [5.74, 6) is -15.6. The molecule has 2 aromatic carbocycles. The summed E-state index contributed by atoms with van der Waals surface area (Å²) in [5.41, 5.74) is -0.577. The van der Waals surface area contributed by atoms with Crippen LogP contribution in [0.5, 0.6) is 11.5 Å². The monoisotopic (exact) mass is 434 g/mol. The van der Waals surface area contributed by atoms with E-state index in [1.807, 2.05) is 0 Å². The van der Waals surface area contributed by atoms with Crippen molar-refractivity contribution in [2.75, 3.05) is 6.26 Å². The molecule has 3 nitrogen and oxygen atoms in total. The molecule has 146 valence electrons. The maximum Gasteiger partial charge on any atom is 0.387 e. The number of benzene rings is 2. The maximum atomic E-state index is 13.6. The molecule has 0 bridgehead atoms. The third kappa shape index (κ3) is 4.08. The van der Waals surface area contributed by atoms with Crippen LogP contribution in [-0.2, 0) is 0 Å². The highest BCUT2D eigenvalue weighted by atomic mass is 35.5. The minimum absolute atomic E-state index is 0.135. The summed E-state index contributed by atoms with van der Waals surface area (Å²) in [6.07, 6.45) is 1.40. The fourth-order valence-corrected chi connectivity index (χ4v) is 2.97. The summed E-state index contributed by atoms with van der Waals surface area (Å²) >= 11 is 6.68. The van der Waals surface area contributed by atoms with Crippen molar-refractivity contribution in [3.63, 3.8) is 0 Å². The van der Waals surface area contributed by atoms with E-state index in [-0.39, 0.29) is 4.90 Å². The van der Waals surface area contributed by atoms with Crippen molar-refractivity contribution in [1.82, 2.24) is 0 Å². The van der Waals surface area contributed by atoms with E-state index in [2.05, 4.69) is 9.47 Å². The predicted octanol–water partition coefficient (Wildman–Crippen LogP) is 5.58. The molecule has 2 aromatic rings. The Kier molecular flexibility index (Phi) is 6.47. The summed E-state index contributed by atoms with van der Waals surface area (Å²) in [5, 5.41) is -0.477. The van der Waals surface area contributed by atoms with Crippen molar-refractivity contribution in [2.45, 2.75) is 11.5 Å². The molecule has 0 amide bonds. The van der Waals surface area contributed by atoms with Crippen molar-refractivity contribution in [2.24, 2.45) is 0 Å². The lowest BCUT2D eigenvalue weighted by Gasteiger charge is -2.14. The Morgan fingerprint density at radius 3 is 2.00 bits per heavy atom. The molecule has 0 aliphatic carbocycles. The van der Waals surface area contributed by atoms with Crippen LogP contribution in [-0.4, -0.2) is 18.8 Å². The molecule has 0 unspecified atom stereocenters. The molecule has 0 N–H and O–H groups in total. The number of carbonyl (C=O) groups is 1. The highest BCUT2D eigenvalue weighted by Gasteiger charge is 2.30. The molecule has 27 heavy (non-hydrogen) atoms. The van der Waals surface area contributed by atoms with Crippen molar-refractivity contribution in [3.8, 4) is 11.5 Å². The first-order chi connectivity index (χ1) is 12.6. The van der Waals surface area contributed by atoms with Crippen LogP contribution in [0.4, 0.5) is 30.7 Å². The third-order valence-corrected chi connectivity index (χ3v) is 4.38. The highest BCUT2D eigenvalue weighted by molar-refractivity contribution is 7.98. The molecule has 2 rings (SSSR count). The largest absolute Gasteiger partial charge is 0.434 e. The first kappa shape index (κ1) is 21.2. The van der Waals surface area contributed by atoms with Gasteiger partial charge in [-0.2, -0.15) is 17.6 Å². The van der Waals surface area contributed by atoms with Crippen LogP contribution in [0.3, 0.4) is 0 Å². The third-order valence-electron chi connectivity index (χ3n) is 3.07. The van der Waals surface area contributed by atoms with Crippen LogP contribution in [0.2, 0.25) is 5.02 Å². The van der Waals surface area contributed by atoms with E-state index < -0.39 is 63.8 Å². The molecular weight excluding hydrogens is 429 g/mol. The number of hydrogen-bond acceptors (Lipinski definition) is 4. The Labute approximate surface area is 156 Å². The minimum atomic E-state index is -3.20. The Hall–Kier alpha value is -2.14. The number of alkyl halides is 2. The molecule has 0 aliphatic heterocycles. The highest BCUT2D eigenvalue weighted by Crippen LogP contribution is 2.38. The average Bonchev–Trinajstić information content (AvgIpc) is 2.61. The normalized spacial score (nSPS) is 11.0. The standard InChI is InChI=1S/C15H6ClF7O3S/c1-27-13-5(25-15(22)23)3-2-4(6(13)16)14(24)26-12-10(20)8(18)7(17)9(19)11(12)21/h2-3,15H,1H3. The first-order valence-electron chi connectivity index (χ1n) is 6.65. The molecule has 12 heteroatoms. The summed E-state index contributed by atoms with van der Waals surface area (Å²) in [6, 6.07) is 1.73. The predicted molar refractivity (Wildman–Crippen MR) is 81.1 cm³/mol.